The van der Waals surface area contributed by atoms with E-state index in [0.29, 0.717) is 36.1 Å². The lowest BCUT2D eigenvalue weighted by molar-refractivity contribution is 0.242. The highest BCUT2D eigenvalue weighted by Crippen LogP contribution is 2.24. The van der Waals surface area contributed by atoms with Crippen LogP contribution in [0.4, 0.5) is 5.82 Å². The van der Waals surface area contributed by atoms with Crippen molar-refractivity contribution in [2.75, 3.05) is 12.3 Å². The van der Waals surface area contributed by atoms with Gasteiger partial charge >= 0.3 is 0 Å². The fourth-order valence-electron chi connectivity index (χ4n) is 2.45. The van der Waals surface area contributed by atoms with Gasteiger partial charge in [0.2, 0.25) is 11.7 Å². The maximum Gasteiger partial charge on any atom is 0.231 e. The highest BCUT2D eigenvalue weighted by Gasteiger charge is 2.16. The van der Waals surface area contributed by atoms with Gasteiger partial charge in [-0.25, -0.2) is 4.68 Å². The first-order chi connectivity index (χ1) is 12.1. The van der Waals surface area contributed by atoms with E-state index in [-0.39, 0.29) is 12.7 Å². The second-order valence-corrected chi connectivity index (χ2v) is 5.89. The van der Waals surface area contributed by atoms with Crippen molar-refractivity contribution in [3.63, 3.8) is 0 Å². The SMILES string of the molecule is CC(C)Oc1cccc(Cc2nc(-c3cnn(CCO)c3N)no2)c1. The molecule has 0 aliphatic heterocycles. The van der Waals surface area contributed by atoms with E-state index in [2.05, 4.69) is 15.2 Å². The summed E-state index contributed by atoms with van der Waals surface area (Å²) in [6.07, 6.45) is 2.17. The Kier molecular flexibility index (Phi) is 4.99. The first kappa shape index (κ1) is 17.0. The van der Waals surface area contributed by atoms with E-state index in [1.54, 1.807) is 6.20 Å². The Balaban J connectivity index is 1.76. The van der Waals surface area contributed by atoms with Gasteiger partial charge in [-0.2, -0.15) is 10.1 Å². The Bertz CT molecular complexity index is 840. The number of nitrogens with two attached hydrogens (primary N) is 1. The van der Waals surface area contributed by atoms with Crippen molar-refractivity contribution < 1.29 is 14.4 Å². The van der Waals surface area contributed by atoms with E-state index in [4.69, 9.17) is 20.1 Å². The van der Waals surface area contributed by atoms with Crippen LogP contribution in [-0.2, 0) is 13.0 Å². The summed E-state index contributed by atoms with van der Waals surface area (Å²) in [6.45, 7) is 4.24. The third-order valence-corrected chi connectivity index (χ3v) is 3.53. The second kappa shape index (κ2) is 7.35. The Morgan fingerprint density at radius 3 is 2.96 bits per heavy atom. The normalized spacial score (nSPS) is 11.2. The van der Waals surface area contributed by atoms with Crippen LogP contribution >= 0.6 is 0 Å². The fraction of sp³-hybridized carbons (Fsp3) is 0.353. The number of hydrogen-bond acceptors (Lipinski definition) is 7. The zero-order valence-electron chi connectivity index (χ0n) is 14.2. The van der Waals surface area contributed by atoms with E-state index in [1.807, 2.05) is 38.1 Å². The molecule has 0 fully saturated rings. The zero-order valence-corrected chi connectivity index (χ0v) is 14.2. The summed E-state index contributed by atoms with van der Waals surface area (Å²) < 4.78 is 12.5. The summed E-state index contributed by atoms with van der Waals surface area (Å²) in [5.41, 5.74) is 7.60. The Labute approximate surface area is 145 Å². The summed E-state index contributed by atoms with van der Waals surface area (Å²) in [4.78, 5) is 4.39. The Hall–Kier alpha value is -2.87. The molecule has 25 heavy (non-hydrogen) atoms. The molecule has 0 atom stereocenters. The molecule has 2 heterocycles. The zero-order chi connectivity index (χ0) is 17.8. The molecule has 0 saturated heterocycles. The number of nitrogen functional groups attached to an aromatic ring is 1. The van der Waals surface area contributed by atoms with E-state index in [9.17, 15) is 0 Å². The fourth-order valence-corrected chi connectivity index (χ4v) is 2.45. The van der Waals surface area contributed by atoms with Crippen LogP contribution in [0.15, 0.2) is 35.0 Å². The lowest BCUT2D eigenvalue weighted by atomic mass is 10.1. The van der Waals surface area contributed by atoms with Crippen molar-refractivity contribution in [2.45, 2.75) is 32.9 Å². The summed E-state index contributed by atoms with van der Waals surface area (Å²) in [7, 11) is 0. The van der Waals surface area contributed by atoms with Crippen molar-refractivity contribution in [1.29, 1.82) is 0 Å². The number of aliphatic hydroxyl groups excluding tert-OH is 1. The topological polar surface area (TPSA) is 112 Å². The van der Waals surface area contributed by atoms with Crippen molar-refractivity contribution in [3.8, 4) is 17.1 Å². The number of aliphatic hydroxyl groups is 1. The number of ether oxygens (including phenoxy) is 1. The highest BCUT2D eigenvalue weighted by molar-refractivity contribution is 5.67. The molecular weight excluding hydrogens is 322 g/mol. The van der Waals surface area contributed by atoms with Gasteiger partial charge in [-0.3, -0.25) is 0 Å². The molecule has 0 aliphatic carbocycles. The molecular formula is C17H21N5O3. The molecule has 1 aromatic carbocycles. The number of nitrogens with zero attached hydrogens (tertiary/aromatic N) is 4. The number of hydrogen-bond donors (Lipinski definition) is 2. The third-order valence-electron chi connectivity index (χ3n) is 3.53. The van der Waals surface area contributed by atoms with E-state index >= 15 is 0 Å². The van der Waals surface area contributed by atoms with E-state index < -0.39 is 0 Å². The standard InChI is InChI=1S/C17H21N5O3/c1-11(2)24-13-5-3-4-12(8-13)9-15-20-17(21-25-15)14-10-19-22(6-7-23)16(14)18/h3-5,8,10-11,23H,6-7,9,18H2,1-2H3. The molecule has 132 valence electrons. The lowest BCUT2D eigenvalue weighted by Crippen LogP contribution is -2.07. The second-order valence-electron chi connectivity index (χ2n) is 5.89. The predicted octanol–water partition coefficient (Wildman–Crippen LogP) is 1.89. The van der Waals surface area contributed by atoms with Gasteiger partial charge in [-0.05, 0) is 31.5 Å². The number of benzene rings is 1. The maximum atomic E-state index is 8.99. The number of rotatable bonds is 7. The summed E-state index contributed by atoms with van der Waals surface area (Å²) in [5.74, 6) is 2.06. The van der Waals surface area contributed by atoms with Gasteiger partial charge < -0.3 is 20.1 Å². The molecule has 3 rings (SSSR count). The summed E-state index contributed by atoms with van der Waals surface area (Å²) >= 11 is 0. The number of aromatic nitrogens is 4. The minimum Gasteiger partial charge on any atom is -0.491 e. The van der Waals surface area contributed by atoms with Crippen molar-refractivity contribution in [1.82, 2.24) is 19.9 Å². The molecule has 0 radical (unpaired) electrons. The first-order valence-electron chi connectivity index (χ1n) is 8.07. The van der Waals surface area contributed by atoms with Crippen LogP contribution in [0.25, 0.3) is 11.4 Å². The molecule has 0 bridgehead atoms. The third kappa shape index (κ3) is 3.97. The van der Waals surface area contributed by atoms with Gasteiger partial charge in [0, 0.05) is 0 Å². The average molecular weight is 343 g/mol. The highest BCUT2D eigenvalue weighted by atomic mass is 16.5. The molecule has 0 aliphatic rings. The smallest absolute Gasteiger partial charge is 0.231 e. The number of anilines is 1. The molecule has 3 N–H and O–H groups in total. The largest absolute Gasteiger partial charge is 0.491 e. The van der Waals surface area contributed by atoms with Crippen LogP contribution in [0.3, 0.4) is 0 Å². The monoisotopic (exact) mass is 343 g/mol. The molecule has 0 saturated carbocycles. The van der Waals surface area contributed by atoms with Gasteiger partial charge in [0.25, 0.3) is 0 Å². The van der Waals surface area contributed by atoms with Crippen LogP contribution < -0.4 is 10.5 Å². The van der Waals surface area contributed by atoms with Crippen molar-refractivity contribution in [2.24, 2.45) is 0 Å². The summed E-state index contributed by atoms with van der Waals surface area (Å²) in [6, 6.07) is 7.78. The van der Waals surface area contributed by atoms with Gasteiger partial charge in [0.05, 0.1) is 37.4 Å². The lowest BCUT2D eigenvalue weighted by Gasteiger charge is -2.10. The predicted molar refractivity (Wildman–Crippen MR) is 92.0 cm³/mol. The molecule has 8 heteroatoms. The summed E-state index contributed by atoms with van der Waals surface area (Å²) in [5, 5.41) is 17.1. The molecule has 3 aromatic rings. The molecule has 0 unspecified atom stereocenters. The van der Waals surface area contributed by atoms with Crippen LogP contribution in [-0.4, -0.2) is 37.7 Å². The Morgan fingerprint density at radius 1 is 1.36 bits per heavy atom. The van der Waals surface area contributed by atoms with Crippen LogP contribution in [0.2, 0.25) is 0 Å². The Morgan fingerprint density at radius 2 is 2.20 bits per heavy atom. The molecule has 2 aromatic heterocycles. The molecule has 8 nitrogen and oxygen atoms in total. The van der Waals surface area contributed by atoms with E-state index in [0.717, 1.165) is 11.3 Å². The van der Waals surface area contributed by atoms with Gasteiger partial charge in [-0.15, -0.1) is 0 Å². The van der Waals surface area contributed by atoms with Crippen molar-refractivity contribution in [3.05, 3.63) is 41.9 Å². The average Bonchev–Trinajstić information content (AvgIpc) is 3.15. The van der Waals surface area contributed by atoms with E-state index in [1.165, 1.54) is 4.68 Å². The minimum absolute atomic E-state index is 0.0440. The van der Waals surface area contributed by atoms with Crippen LogP contribution in [0.1, 0.15) is 25.3 Å². The van der Waals surface area contributed by atoms with Gasteiger partial charge in [0.1, 0.15) is 11.6 Å². The van der Waals surface area contributed by atoms with Gasteiger partial charge in [0.15, 0.2) is 0 Å². The quantitative estimate of drug-likeness (QED) is 0.673. The van der Waals surface area contributed by atoms with Gasteiger partial charge in [-0.1, -0.05) is 17.3 Å². The van der Waals surface area contributed by atoms with Crippen LogP contribution in [0, 0.1) is 0 Å². The van der Waals surface area contributed by atoms with Crippen LogP contribution in [0.5, 0.6) is 5.75 Å². The minimum atomic E-state index is -0.0440. The molecule has 0 spiro atoms. The molecule has 0 amide bonds. The van der Waals surface area contributed by atoms with Crippen molar-refractivity contribution >= 4 is 5.82 Å². The maximum absolute atomic E-state index is 8.99. The first-order valence-corrected chi connectivity index (χ1v) is 8.07.